The van der Waals surface area contributed by atoms with Crippen molar-refractivity contribution in [3.05, 3.63) is 34.9 Å². The van der Waals surface area contributed by atoms with Gasteiger partial charge in [0.15, 0.2) is 0 Å². The minimum Gasteiger partial charge on any atom is -0.394 e. The van der Waals surface area contributed by atoms with E-state index in [1.54, 1.807) is 10.7 Å². The molecule has 5 heteroatoms. The number of aromatic nitrogens is 2. The van der Waals surface area contributed by atoms with E-state index in [9.17, 15) is 0 Å². The van der Waals surface area contributed by atoms with Crippen LogP contribution in [0.1, 0.15) is 5.56 Å². The lowest BCUT2D eigenvalue weighted by Crippen LogP contribution is -2.07. The van der Waals surface area contributed by atoms with Crippen LogP contribution >= 0.6 is 11.6 Å². The molecule has 90 valence electrons. The first kappa shape index (κ1) is 12.0. The Bertz CT molecular complexity index is 537. The number of nitrogen functional groups attached to an aromatic ring is 1. The molecule has 2 rings (SSSR count). The predicted molar refractivity (Wildman–Crippen MR) is 68.9 cm³/mol. The van der Waals surface area contributed by atoms with Crippen LogP contribution < -0.4 is 5.73 Å². The Morgan fingerprint density at radius 3 is 2.82 bits per heavy atom. The first-order valence-corrected chi connectivity index (χ1v) is 5.70. The molecule has 3 N–H and O–H groups in total. The van der Waals surface area contributed by atoms with Crippen LogP contribution in [0.3, 0.4) is 0 Å². The number of hydrogen-bond acceptors (Lipinski definition) is 3. The van der Waals surface area contributed by atoms with Crippen molar-refractivity contribution in [2.75, 3.05) is 12.3 Å². The van der Waals surface area contributed by atoms with Crippen LogP contribution in [0, 0.1) is 6.92 Å². The molecular formula is C12H14ClN3O. The lowest BCUT2D eigenvalue weighted by Gasteiger charge is -2.01. The van der Waals surface area contributed by atoms with E-state index in [0.29, 0.717) is 17.4 Å². The summed E-state index contributed by atoms with van der Waals surface area (Å²) in [5.74, 6) is 0.533. The summed E-state index contributed by atoms with van der Waals surface area (Å²) in [6.45, 7) is 2.36. The molecule has 4 nitrogen and oxygen atoms in total. The molecule has 2 aromatic rings. The van der Waals surface area contributed by atoms with E-state index in [1.165, 1.54) is 0 Å². The zero-order valence-corrected chi connectivity index (χ0v) is 10.3. The van der Waals surface area contributed by atoms with Crippen molar-refractivity contribution in [3.8, 4) is 11.3 Å². The van der Waals surface area contributed by atoms with Gasteiger partial charge in [0.25, 0.3) is 0 Å². The van der Waals surface area contributed by atoms with Gasteiger partial charge in [-0.2, -0.15) is 5.10 Å². The van der Waals surface area contributed by atoms with Gasteiger partial charge in [0.1, 0.15) is 5.82 Å². The molecule has 0 unspecified atom stereocenters. The van der Waals surface area contributed by atoms with Crippen LogP contribution in [0.4, 0.5) is 5.82 Å². The van der Waals surface area contributed by atoms with Gasteiger partial charge in [-0.25, -0.2) is 4.68 Å². The van der Waals surface area contributed by atoms with Crippen LogP contribution in [0.25, 0.3) is 11.3 Å². The number of nitrogens with zero attached hydrogens (tertiary/aromatic N) is 2. The zero-order valence-electron chi connectivity index (χ0n) is 9.52. The molecule has 0 amide bonds. The summed E-state index contributed by atoms with van der Waals surface area (Å²) in [5, 5.41) is 13.9. The Balaban J connectivity index is 2.39. The van der Waals surface area contributed by atoms with E-state index < -0.39 is 0 Å². The number of hydrogen-bond donors (Lipinski definition) is 2. The fourth-order valence-corrected chi connectivity index (χ4v) is 1.78. The van der Waals surface area contributed by atoms with Crippen LogP contribution in [-0.4, -0.2) is 21.5 Å². The molecule has 1 heterocycles. The van der Waals surface area contributed by atoms with Crippen LogP contribution in [-0.2, 0) is 6.54 Å². The standard InChI is InChI=1S/C12H14ClN3O/c1-8-2-3-9(6-10(8)13)11-7-12(14)16(15-11)4-5-17/h2-3,6-7,17H,4-5,14H2,1H3. The fourth-order valence-electron chi connectivity index (χ4n) is 1.60. The maximum Gasteiger partial charge on any atom is 0.122 e. The second-order valence-electron chi connectivity index (χ2n) is 3.87. The molecule has 0 saturated heterocycles. The topological polar surface area (TPSA) is 64.1 Å². The molecule has 0 fully saturated rings. The highest BCUT2D eigenvalue weighted by atomic mass is 35.5. The number of aliphatic hydroxyl groups excluding tert-OH is 1. The third-order valence-electron chi connectivity index (χ3n) is 2.59. The fraction of sp³-hybridized carbons (Fsp3) is 0.250. The lowest BCUT2D eigenvalue weighted by molar-refractivity contribution is 0.270. The Morgan fingerprint density at radius 1 is 1.41 bits per heavy atom. The van der Waals surface area contributed by atoms with Gasteiger partial charge in [-0.3, -0.25) is 0 Å². The highest BCUT2D eigenvalue weighted by Gasteiger charge is 2.07. The van der Waals surface area contributed by atoms with Crippen molar-refractivity contribution in [1.82, 2.24) is 9.78 Å². The van der Waals surface area contributed by atoms with Gasteiger partial charge >= 0.3 is 0 Å². The quantitative estimate of drug-likeness (QED) is 0.878. The Morgan fingerprint density at radius 2 is 2.18 bits per heavy atom. The predicted octanol–water partition coefficient (Wildman–Crippen LogP) is 2.09. The third kappa shape index (κ3) is 2.43. The van der Waals surface area contributed by atoms with E-state index >= 15 is 0 Å². The molecular weight excluding hydrogens is 238 g/mol. The maximum atomic E-state index is 8.87. The average Bonchev–Trinajstić information content (AvgIpc) is 2.65. The molecule has 1 aromatic carbocycles. The second kappa shape index (κ2) is 4.77. The van der Waals surface area contributed by atoms with Gasteiger partial charge in [-0.05, 0) is 18.6 Å². The number of aliphatic hydroxyl groups is 1. The number of rotatable bonds is 3. The maximum absolute atomic E-state index is 8.87. The Kier molecular flexibility index (Phi) is 3.36. The Hall–Kier alpha value is -1.52. The molecule has 0 atom stereocenters. The van der Waals surface area contributed by atoms with E-state index in [2.05, 4.69) is 5.10 Å². The minimum atomic E-state index is 0.0139. The van der Waals surface area contributed by atoms with E-state index in [0.717, 1.165) is 16.8 Å². The first-order valence-electron chi connectivity index (χ1n) is 5.32. The van der Waals surface area contributed by atoms with Gasteiger partial charge in [0.2, 0.25) is 0 Å². The van der Waals surface area contributed by atoms with Gasteiger partial charge in [-0.15, -0.1) is 0 Å². The smallest absolute Gasteiger partial charge is 0.122 e. The highest BCUT2D eigenvalue weighted by Crippen LogP contribution is 2.25. The van der Waals surface area contributed by atoms with Crippen LogP contribution in [0.15, 0.2) is 24.3 Å². The third-order valence-corrected chi connectivity index (χ3v) is 3.00. The van der Waals surface area contributed by atoms with Crippen molar-refractivity contribution >= 4 is 17.4 Å². The molecule has 1 aromatic heterocycles. The second-order valence-corrected chi connectivity index (χ2v) is 4.27. The van der Waals surface area contributed by atoms with Crippen LogP contribution in [0.2, 0.25) is 5.02 Å². The Labute approximate surface area is 105 Å². The molecule has 0 aliphatic rings. The number of anilines is 1. The van der Waals surface area contributed by atoms with Crippen molar-refractivity contribution in [3.63, 3.8) is 0 Å². The summed E-state index contributed by atoms with van der Waals surface area (Å²) >= 11 is 6.07. The van der Waals surface area contributed by atoms with Gasteiger partial charge in [0.05, 0.1) is 18.8 Å². The summed E-state index contributed by atoms with van der Waals surface area (Å²) in [6, 6.07) is 7.53. The van der Waals surface area contributed by atoms with Crippen LogP contribution in [0.5, 0.6) is 0 Å². The molecule has 0 bridgehead atoms. The molecule has 0 aliphatic carbocycles. The lowest BCUT2D eigenvalue weighted by atomic mass is 10.1. The summed E-state index contributed by atoms with van der Waals surface area (Å²) in [4.78, 5) is 0. The molecule has 0 spiro atoms. The number of aryl methyl sites for hydroxylation is 1. The van der Waals surface area contributed by atoms with Crippen molar-refractivity contribution < 1.29 is 5.11 Å². The molecule has 0 aliphatic heterocycles. The minimum absolute atomic E-state index is 0.0139. The van der Waals surface area contributed by atoms with Gasteiger partial charge in [0, 0.05) is 16.7 Å². The first-order chi connectivity index (χ1) is 8.11. The normalized spacial score (nSPS) is 10.8. The van der Waals surface area contributed by atoms with Gasteiger partial charge in [-0.1, -0.05) is 23.7 Å². The van der Waals surface area contributed by atoms with Crippen molar-refractivity contribution in [2.45, 2.75) is 13.5 Å². The van der Waals surface area contributed by atoms with E-state index in [-0.39, 0.29) is 6.61 Å². The number of nitrogens with two attached hydrogens (primary N) is 1. The van der Waals surface area contributed by atoms with E-state index in [4.69, 9.17) is 22.4 Å². The monoisotopic (exact) mass is 251 g/mol. The van der Waals surface area contributed by atoms with Crippen molar-refractivity contribution in [2.24, 2.45) is 0 Å². The summed E-state index contributed by atoms with van der Waals surface area (Å²) in [5.41, 5.74) is 8.50. The molecule has 0 saturated carbocycles. The summed E-state index contributed by atoms with van der Waals surface area (Å²) in [7, 11) is 0. The summed E-state index contributed by atoms with van der Waals surface area (Å²) in [6.07, 6.45) is 0. The van der Waals surface area contributed by atoms with Crippen molar-refractivity contribution in [1.29, 1.82) is 0 Å². The largest absolute Gasteiger partial charge is 0.394 e. The average molecular weight is 252 g/mol. The molecule has 17 heavy (non-hydrogen) atoms. The highest BCUT2D eigenvalue weighted by molar-refractivity contribution is 6.31. The summed E-state index contributed by atoms with van der Waals surface area (Å²) < 4.78 is 1.57. The number of halogens is 1. The van der Waals surface area contributed by atoms with Gasteiger partial charge < -0.3 is 10.8 Å². The zero-order chi connectivity index (χ0) is 12.4. The van der Waals surface area contributed by atoms with E-state index in [1.807, 2.05) is 25.1 Å². The SMILES string of the molecule is Cc1ccc(-c2cc(N)n(CCO)n2)cc1Cl. The molecule has 0 radical (unpaired) electrons. The number of benzene rings is 1.